The van der Waals surface area contributed by atoms with Gasteiger partial charge in [0.15, 0.2) is 15.7 Å². The summed E-state index contributed by atoms with van der Waals surface area (Å²) >= 11 is 12.6. The van der Waals surface area contributed by atoms with Gasteiger partial charge in [-0.1, -0.05) is 0 Å². The summed E-state index contributed by atoms with van der Waals surface area (Å²) in [5.41, 5.74) is -0.444. The Balaban J connectivity index is 1.84. The third-order valence-corrected chi connectivity index (χ3v) is 7.60. The Labute approximate surface area is 244 Å². The van der Waals surface area contributed by atoms with E-state index in [2.05, 4.69) is 106 Å². The van der Waals surface area contributed by atoms with Gasteiger partial charge >= 0.3 is 0 Å². The first-order valence-corrected chi connectivity index (χ1v) is 14.0. The second-order valence-electron chi connectivity index (χ2n) is 13.5. The lowest BCUT2D eigenvalue weighted by Gasteiger charge is -2.52. The summed E-state index contributed by atoms with van der Waals surface area (Å²) in [5.74, 6) is 0.799. The number of halogens is 2. The van der Waals surface area contributed by atoms with Gasteiger partial charge in [-0.05, 0) is 104 Å². The molecule has 4 heterocycles. The Bertz CT molecular complexity index is 1050. The third-order valence-electron chi connectivity index (χ3n) is 7.26. The molecule has 0 unspecified atom stereocenters. The fraction of sp³-hybridized carbons (Fsp3) is 0.760. The van der Waals surface area contributed by atoms with E-state index in [9.17, 15) is 0 Å². The van der Waals surface area contributed by atoms with Crippen molar-refractivity contribution >= 4 is 62.2 Å². The van der Waals surface area contributed by atoms with Crippen LogP contribution in [-0.4, -0.2) is 86.5 Å². The van der Waals surface area contributed by atoms with E-state index in [1.54, 1.807) is 0 Å². The molecule has 0 aromatic carbocycles. The van der Waals surface area contributed by atoms with Crippen LogP contribution in [0.3, 0.4) is 0 Å². The van der Waals surface area contributed by atoms with Gasteiger partial charge < -0.3 is 20.4 Å². The van der Waals surface area contributed by atoms with Gasteiger partial charge in [0.25, 0.3) is 0 Å². The molecular formula is C25H38B2Cl2N10. The molecule has 208 valence electrons. The zero-order valence-electron chi connectivity index (χ0n) is 24.2. The van der Waals surface area contributed by atoms with Gasteiger partial charge in [-0.25, -0.2) is 19.9 Å². The number of anilines is 2. The second kappa shape index (κ2) is 10.6. The van der Waals surface area contributed by atoms with Gasteiger partial charge in [0.2, 0.25) is 22.5 Å². The molecule has 0 saturated carbocycles. The first-order chi connectivity index (χ1) is 17.8. The molecule has 39 heavy (non-hydrogen) atoms. The van der Waals surface area contributed by atoms with Crippen molar-refractivity contribution in [3.8, 4) is 0 Å². The van der Waals surface area contributed by atoms with Crippen LogP contribution in [-0.2, 0) is 0 Å². The molecule has 2 N–H and O–H groups in total. The average Bonchev–Trinajstić information content (AvgIpc) is 2.68. The normalized spacial score (nSPS) is 22.4. The van der Waals surface area contributed by atoms with Crippen molar-refractivity contribution in [2.45, 2.75) is 115 Å². The topological polar surface area (TPSA) is 108 Å². The number of aromatic nitrogens is 6. The van der Waals surface area contributed by atoms with Crippen molar-refractivity contribution in [1.82, 2.24) is 40.5 Å². The molecule has 0 amide bonds. The Morgan fingerprint density at radius 3 is 1.21 bits per heavy atom. The van der Waals surface area contributed by atoms with Crippen molar-refractivity contribution in [3.05, 3.63) is 10.6 Å². The van der Waals surface area contributed by atoms with Gasteiger partial charge in [-0.3, -0.25) is 0 Å². The van der Waals surface area contributed by atoms with E-state index < -0.39 is 0 Å². The first kappa shape index (κ1) is 30.2. The van der Waals surface area contributed by atoms with Crippen molar-refractivity contribution in [3.63, 3.8) is 0 Å². The quantitative estimate of drug-likeness (QED) is 0.394. The van der Waals surface area contributed by atoms with Gasteiger partial charge in [0.1, 0.15) is 0 Å². The molecule has 2 fully saturated rings. The minimum atomic E-state index is -0.141. The van der Waals surface area contributed by atoms with E-state index in [0.717, 1.165) is 25.7 Å². The molecule has 4 rings (SSSR count). The maximum absolute atomic E-state index is 6.29. The van der Waals surface area contributed by atoms with Crippen molar-refractivity contribution in [2.24, 2.45) is 0 Å². The highest BCUT2D eigenvalue weighted by molar-refractivity contribution is 6.32. The molecule has 14 heteroatoms. The number of rotatable bonds is 6. The van der Waals surface area contributed by atoms with Crippen molar-refractivity contribution in [1.29, 1.82) is 0 Å². The van der Waals surface area contributed by atoms with E-state index in [4.69, 9.17) is 38.9 Å². The fourth-order valence-corrected chi connectivity index (χ4v) is 7.12. The molecular weight excluding hydrogens is 533 g/mol. The molecule has 4 radical (unpaired) electrons. The minimum Gasteiger partial charge on any atom is -0.320 e. The summed E-state index contributed by atoms with van der Waals surface area (Å²) in [6, 6.07) is 0.0722. The Morgan fingerprint density at radius 2 is 0.923 bits per heavy atom. The van der Waals surface area contributed by atoms with E-state index >= 15 is 0 Å². The highest BCUT2D eigenvalue weighted by Crippen LogP contribution is 2.36. The van der Waals surface area contributed by atoms with Crippen molar-refractivity contribution in [2.75, 3.05) is 16.5 Å². The van der Waals surface area contributed by atoms with Crippen LogP contribution < -0.4 is 31.9 Å². The summed E-state index contributed by atoms with van der Waals surface area (Å²) < 4.78 is 0. The zero-order chi connectivity index (χ0) is 29.0. The van der Waals surface area contributed by atoms with E-state index in [1.165, 1.54) is 0 Å². The van der Waals surface area contributed by atoms with Crippen LogP contribution in [0.4, 0.5) is 11.9 Å². The Kier molecular flexibility index (Phi) is 8.20. The summed E-state index contributed by atoms with van der Waals surface area (Å²) in [6.45, 7) is 18.0. The second-order valence-corrected chi connectivity index (χ2v) is 14.2. The molecule has 2 aromatic rings. The summed E-state index contributed by atoms with van der Waals surface area (Å²) in [5, 5.41) is 7.59. The monoisotopic (exact) mass is 570 g/mol. The maximum Gasteiger partial charge on any atom is 0.230 e. The summed E-state index contributed by atoms with van der Waals surface area (Å²) in [4.78, 5) is 30.4. The summed E-state index contributed by atoms with van der Waals surface area (Å²) in [7, 11) is 12.1. The lowest BCUT2D eigenvalue weighted by molar-refractivity contribution is 0.149. The molecule has 10 nitrogen and oxygen atoms in total. The Hall–Kier alpha value is -1.75. The number of nitrogens with one attached hydrogen (secondary N) is 2. The van der Waals surface area contributed by atoms with Crippen LogP contribution in [0.25, 0.3) is 0 Å². The summed E-state index contributed by atoms with van der Waals surface area (Å²) in [6.07, 6.45) is 3.32. The lowest BCUT2D eigenvalue weighted by Crippen LogP contribution is -2.66. The minimum absolute atomic E-state index is 0.0361. The Morgan fingerprint density at radius 1 is 0.615 bits per heavy atom. The van der Waals surface area contributed by atoms with Gasteiger partial charge in [-0.2, -0.15) is 9.97 Å². The fourth-order valence-electron chi connectivity index (χ4n) is 6.79. The predicted molar refractivity (Wildman–Crippen MR) is 159 cm³/mol. The standard InChI is InChI=1S/C25H38B2Cl2N10/c1-22(2)9-14(10-23(3,4)36-22)38(20-32-16(26)30-18(28)34-20)13-39(21-33-17(27)31-19(29)35-21)15-11-24(5,6)37-25(7,8)12-15/h14-15,36-37H,9-13H2,1-8H3. The molecule has 0 atom stereocenters. The number of hydrogen-bond donors (Lipinski definition) is 2. The predicted octanol–water partition coefficient (Wildman–Crippen LogP) is 1.84. The van der Waals surface area contributed by atoms with Crippen LogP contribution in [0.2, 0.25) is 10.6 Å². The van der Waals surface area contributed by atoms with Crippen LogP contribution in [0.15, 0.2) is 0 Å². The van der Waals surface area contributed by atoms with E-state index in [0.29, 0.717) is 18.6 Å². The average molecular weight is 571 g/mol. The van der Waals surface area contributed by atoms with Crippen LogP contribution in [0.5, 0.6) is 0 Å². The van der Waals surface area contributed by atoms with Gasteiger partial charge in [-0.15, -0.1) is 0 Å². The molecule has 2 aliphatic heterocycles. The van der Waals surface area contributed by atoms with Crippen LogP contribution in [0.1, 0.15) is 81.1 Å². The highest BCUT2D eigenvalue weighted by atomic mass is 35.5. The van der Waals surface area contributed by atoms with E-state index in [-0.39, 0.29) is 56.3 Å². The van der Waals surface area contributed by atoms with Gasteiger partial charge in [0, 0.05) is 34.2 Å². The molecule has 2 aliphatic rings. The third kappa shape index (κ3) is 7.71. The maximum atomic E-state index is 6.29. The molecule has 2 aromatic heterocycles. The molecule has 0 bridgehead atoms. The number of nitrogens with zero attached hydrogens (tertiary/aromatic N) is 8. The van der Waals surface area contributed by atoms with Crippen LogP contribution >= 0.6 is 23.2 Å². The number of hydrogen-bond acceptors (Lipinski definition) is 10. The molecule has 2 saturated heterocycles. The molecule has 0 spiro atoms. The van der Waals surface area contributed by atoms with E-state index in [1.807, 2.05) is 0 Å². The largest absolute Gasteiger partial charge is 0.320 e. The van der Waals surface area contributed by atoms with Crippen molar-refractivity contribution < 1.29 is 0 Å². The smallest absolute Gasteiger partial charge is 0.230 e. The van der Waals surface area contributed by atoms with Crippen LogP contribution in [0, 0.1) is 0 Å². The van der Waals surface area contributed by atoms with Gasteiger partial charge in [0.05, 0.1) is 18.1 Å². The SMILES string of the molecule is [B]c1nc(Cl)nc(N(CN(c2nc([B])nc(Cl)n2)C2CC(C)(C)NC(C)(C)C2)C2CC(C)(C)NC(C)(C)C2)n1. The number of piperidine rings is 2. The first-order valence-electron chi connectivity index (χ1n) is 13.3. The molecule has 0 aliphatic carbocycles. The zero-order valence-corrected chi connectivity index (χ0v) is 25.7. The lowest BCUT2D eigenvalue weighted by atomic mass is 9.78. The highest BCUT2D eigenvalue weighted by Gasteiger charge is 2.44.